The van der Waals surface area contributed by atoms with E-state index in [2.05, 4.69) is 30.2 Å². The molecule has 4 heterocycles. The Morgan fingerprint density at radius 2 is 2.12 bits per heavy atom. The van der Waals surface area contributed by atoms with E-state index in [-0.39, 0.29) is 5.56 Å². The van der Waals surface area contributed by atoms with Gasteiger partial charge in [0.25, 0.3) is 5.56 Å². The third-order valence-corrected chi connectivity index (χ3v) is 4.75. The van der Waals surface area contributed by atoms with Gasteiger partial charge in [-0.15, -0.1) is 0 Å². The number of hydrogen-bond donors (Lipinski definition) is 2. The number of aryl methyl sites for hydroxylation is 2. The molecule has 0 atom stereocenters. The standard InChI is InChI=1S/C17H23N7O2/c1-3-12-21-11(2)14-17(25)22-13-15(19-10-20-16(13)24(12)14)18-4-5-23-6-8-26-9-7-23/h10H,3-9H2,1-2H3,(H,22,25)(H,18,19,20). The maximum Gasteiger partial charge on any atom is 0.274 e. The van der Waals surface area contributed by atoms with Crippen LogP contribution in [0.5, 0.6) is 0 Å². The third-order valence-electron chi connectivity index (χ3n) is 4.75. The lowest BCUT2D eigenvalue weighted by atomic mass is 10.3. The van der Waals surface area contributed by atoms with Crippen molar-refractivity contribution < 1.29 is 4.74 Å². The second kappa shape index (κ2) is 7.00. The average molecular weight is 357 g/mol. The monoisotopic (exact) mass is 357 g/mol. The largest absolute Gasteiger partial charge is 0.379 e. The van der Waals surface area contributed by atoms with Gasteiger partial charge in [-0.25, -0.2) is 15.0 Å². The number of H-pyrrole nitrogens is 1. The van der Waals surface area contributed by atoms with Gasteiger partial charge in [0.1, 0.15) is 23.2 Å². The topological polar surface area (TPSA) is 100 Å². The first-order chi connectivity index (χ1) is 12.7. The molecule has 1 aliphatic heterocycles. The van der Waals surface area contributed by atoms with E-state index in [0.29, 0.717) is 28.2 Å². The normalized spacial score (nSPS) is 15.8. The second-order valence-electron chi connectivity index (χ2n) is 6.41. The average Bonchev–Trinajstić information content (AvgIpc) is 3.01. The Hall–Kier alpha value is -2.52. The Morgan fingerprint density at radius 1 is 1.31 bits per heavy atom. The minimum Gasteiger partial charge on any atom is -0.379 e. The van der Waals surface area contributed by atoms with Crippen molar-refractivity contribution in [3.05, 3.63) is 28.2 Å². The molecule has 9 nitrogen and oxygen atoms in total. The second-order valence-corrected chi connectivity index (χ2v) is 6.41. The zero-order valence-corrected chi connectivity index (χ0v) is 15.1. The maximum atomic E-state index is 12.6. The van der Waals surface area contributed by atoms with Crippen LogP contribution < -0.4 is 10.9 Å². The fraction of sp³-hybridized carbons (Fsp3) is 0.529. The number of anilines is 1. The summed E-state index contributed by atoms with van der Waals surface area (Å²) in [5, 5.41) is 3.33. The van der Waals surface area contributed by atoms with Gasteiger partial charge in [0.15, 0.2) is 11.5 Å². The first-order valence-electron chi connectivity index (χ1n) is 8.98. The maximum absolute atomic E-state index is 12.6. The van der Waals surface area contributed by atoms with E-state index in [1.165, 1.54) is 6.33 Å². The fourth-order valence-electron chi connectivity index (χ4n) is 3.44. The quantitative estimate of drug-likeness (QED) is 0.689. The summed E-state index contributed by atoms with van der Waals surface area (Å²) in [5.41, 5.74) is 2.37. The summed E-state index contributed by atoms with van der Waals surface area (Å²) in [6.45, 7) is 8.93. The number of nitrogens with zero attached hydrogens (tertiary/aromatic N) is 5. The predicted molar refractivity (Wildman–Crippen MR) is 98.8 cm³/mol. The van der Waals surface area contributed by atoms with Gasteiger partial charge in [0.2, 0.25) is 0 Å². The third kappa shape index (κ3) is 2.93. The number of aromatic amines is 1. The zero-order valence-electron chi connectivity index (χ0n) is 15.1. The van der Waals surface area contributed by atoms with Crippen molar-refractivity contribution in [2.75, 3.05) is 44.7 Å². The van der Waals surface area contributed by atoms with Gasteiger partial charge in [-0.05, 0) is 6.92 Å². The summed E-state index contributed by atoms with van der Waals surface area (Å²) < 4.78 is 7.21. The highest BCUT2D eigenvalue weighted by Gasteiger charge is 2.17. The van der Waals surface area contributed by atoms with Crippen molar-refractivity contribution in [3.8, 4) is 0 Å². The van der Waals surface area contributed by atoms with E-state index in [9.17, 15) is 4.79 Å². The Kier molecular flexibility index (Phi) is 4.56. The zero-order chi connectivity index (χ0) is 18.1. The van der Waals surface area contributed by atoms with Crippen LogP contribution in [0.15, 0.2) is 11.1 Å². The molecule has 2 N–H and O–H groups in total. The molecule has 0 amide bonds. The molecule has 0 saturated carbocycles. The Morgan fingerprint density at radius 3 is 2.88 bits per heavy atom. The molecule has 3 aromatic heterocycles. The van der Waals surface area contributed by atoms with Crippen molar-refractivity contribution in [3.63, 3.8) is 0 Å². The lowest BCUT2D eigenvalue weighted by Crippen LogP contribution is -2.39. The molecule has 1 fully saturated rings. The van der Waals surface area contributed by atoms with E-state index in [1.807, 2.05) is 18.2 Å². The molecule has 0 unspecified atom stereocenters. The van der Waals surface area contributed by atoms with Crippen molar-refractivity contribution >= 4 is 22.5 Å². The SMILES string of the molecule is CCc1nc(C)c2c(=O)[nH]c3c(NCCN4CCOCC4)ncnc3n12. The molecule has 4 rings (SSSR count). The summed E-state index contributed by atoms with van der Waals surface area (Å²) >= 11 is 0. The molecule has 1 aliphatic rings. The van der Waals surface area contributed by atoms with Gasteiger partial charge < -0.3 is 15.0 Å². The summed E-state index contributed by atoms with van der Waals surface area (Å²) in [7, 11) is 0. The minimum atomic E-state index is -0.173. The highest BCUT2D eigenvalue weighted by atomic mass is 16.5. The van der Waals surface area contributed by atoms with Gasteiger partial charge in [-0.1, -0.05) is 6.92 Å². The number of ether oxygens (including phenoxy) is 1. The number of rotatable bonds is 5. The number of nitrogens with one attached hydrogen (secondary N) is 2. The van der Waals surface area contributed by atoms with E-state index in [4.69, 9.17) is 4.74 Å². The molecule has 3 aromatic rings. The molecule has 1 saturated heterocycles. The Bertz CT molecular complexity index is 988. The fourth-order valence-corrected chi connectivity index (χ4v) is 3.44. The molecular weight excluding hydrogens is 334 g/mol. The molecule has 0 bridgehead atoms. The van der Waals surface area contributed by atoms with Gasteiger partial charge in [0, 0.05) is 32.6 Å². The number of aromatic nitrogens is 5. The smallest absolute Gasteiger partial charge is 0.274 e. The number of imidazole rings is 1. The highest BCUT2D eigenvalue weighted by Crippen LogP contribution is 2.19. The summed E-state index contributed by atoms with van der Waals surface area (Å²) in [5.74, 6) is 1.46. The van der Waals surface area contributed by atoms with Crippen LogP contribution in [0.1, 0.15) is 18.4 Å². The van der Waals surface area contributed by atoms with Crippen LogP contribution >= 0.6 is 0 Å². The summed E-state index contributed by atoms with van der Waals surface area (Å²) in [6, 6.07) is 0. The van der Waals surface area contributed by atoms with E-state index in [1.54, 1.807) is 0 Å². The van der Waals surface area contributed by atoms with Gasteiger partial charge in [0.05, 0.1) is 18.9 Å². The van der Waals surface area contributed by atoms with E-state index >= 15 is 0 Å². The minimum absolute atomic E-state index is 0.173. The van der Waals surface area contributed by atoms with Gasteiger partial charge >= 0.3 is 0 Å². The van der Waals surface area contributed by atoms with Crippen molar-refractivity contribution in [1.29, 1.82) is 0 Å². The lowest BCUT2D eigenvalue weighted by molar-refractivity contribution is 0.0398. The van der Waals surface area contributed by atoms with Crippen molar-refractivity contribution in [2.45, 2.75) is 20.3 Å². The van der Waals surface area contributed by atoms with Crippen molar-refractivity contribution in [2.24, 2.45) is 0 Å². The first kappa shape index (κ1) is 16.9. The Labute approximate surface area is 150 Å². The molecule has 0 aromatic carbocycles. The number of fused-ring (bicyclic) bond motifs is 3. The van der Waals surface area contributed by atoms with Crippen LogP contribution in [0, 0.1) is 6.92 Å². The van der Waals surface area contributed by atoms with E-state index in [0.717, 1.165) is 51.6 Å². The molecule has 0 radical (unpaired) electrons. The summed E-state index contributed by atoms with van der Waals surface area (Å²) in [6.07, 6.45) is 2.24. The molecule has 0 spiro atoms. The number of morpholine rings is 1. The molecule has 9 heteroatoms. The molecule has 26 heavy (non-hydrogen) atoms. The predicted octanol–water partition coefficient (Wildman–Crippen LogP) is 0.581. The van der Waals surface area contributed by atoms with Gasteiger partial charge in [-0.2, -0.15) is 0 Å². The van der Waals surface area contributed by atoms with Crippen LogP contribution in [0.2, 0.25) is 0 Å². The van der Waals surface area contributed by atoms with Crippen LogP contribution in [0.25, 0.3) is 16.7 Å². The molecule has 138 valence electrons. The van der Waals surface area contributed by atoms with Crippen LogP contribution in [-0.2, 0) is 11.2 Å². The molecular formula is C17H23N7O2. The van der Waals surface area contributed by atoms with Crippen LogP contribution in [-0.4, -0.2) is 68.6 Å². The lowest BCUT2D eigenvalue weighted by Gasteiger charge is -2.26. The van der Waals surface area contributed by atoms with Crippen LogP contribution in [0.4, 0.5) is 5.82 Å². The van der Waals surface area contributed by atoms with Crippen LogP contribution in [0.3, 0.4) is 0 Å². The molecule has 0 aliphatic carbocycles. The summed E-state index contributed by atoms with van der Waals surface area (Å²) in [4.78, 5) is 31.1. The van der Waals surface area contributed by atoms with Gasteiger partial charge in [-0.3, -0.25) is 14.1 Å². The van der Waals surface area contributed by atoms with Crippen molar-refractivity contribution in [1.82, 2.24) is 29.2 Å². The number of hydrogen-bond acceptors (Lipinski definition) is 7. The van der Waals surface area contributed by atoms with E-state index < -0.39 is 0 Å². The highest BCUT2D eigenvalue weighted by molar-refractivity contribution is 5.84. The Balaban J connectivity index is 1.69. The first-order valence-corrected chi connectivity index (χ1v) is 8.98.